The molecule has 0 bridgehead atoms. The maximum absolute atomic E-state index is 11.7. The Balaban J connectivity index is 1.93. The molecule has 0 aliphatic heterocycles. The summed E-state index contributed by atoms with van der Waals surface area (Å²) in [6.45, 7) is 9.45. The molecule has 1 aliphatic rings. The minimum absolute atomic E-state index is 0.222. The molecule has 4 nitrogen and oxygen atoms in total. The summed E-state index contributed by atoms with van der Waals surface area (Å²) in [5.41, 5.74) is 0. The Kier molecular flexibility index (Phi) is 8.01. The number of ether oxygens (including phenoxy) is 1. The summed E-state index contributed by atoms with van der Waals surface area (Å²) in [5, 5.41) is 2.96. The van der Waals surface area contributed by atoms with Crippen LogP contribution >= 0.6 is 0 Å². The van der Waals surface area contributed by atoms with Crippen LogP contribution in [0.15, 0.2) is 0 Å². The van der Waals surface area contributed by atoms with Gasteiger partial charge in [0.25, 0.3) is 0 Å². The van der Waals surface area contributed by atoms with Crippen LogP contribution < -0.4 is 5.32 Å². The van der Waals surface area contributed by atoms with Crippen LogP contribution in [0.4, 0.5) is 0 Å². The lowest BCUT2D eigenvalue weighted by molar-refractivity contribution is -0.125. The van der Waals surface area contributed by atoms with Crippen molar-refractivity contribution in [3.05, 3.63) is 0 Å². The number of nitrogens with zero attached hydrogens (tertiary/aromatic N) is 1. The van der Waals surface area contributed by atoms with Crippen LogP contribution in [0, 0.1) is 5.92 Å². The third-order valence-electron chi connectivity index (χ3n) is 3.72. The number of nitrogens with one attached hydrogen (secondary N) is 1. The lowest BCUT2D eigenvalue weighted by Crippen LogP contribution is -2.33. The standard InChI is InChI=1S/C14H28N2O2/c1-3-16(4-2)10-12-18-11-9-15-14(17)13-7-5-6-8-13/h13H,3-12H2,1-2H3,(H,15,17). The van der Waals surface area contributed by atoms with Crippen LogP contribution in [-0.2, 0) is 9.53 Å². The number of hydrogen-bond acceptors (Lipinski definition) is 3. The highest BCUT2D eigenvalue weighted by Crippen LogP contribution is 2.24. The average molecular weight is 256 g/mol. The highest BCUT2D eigenvalue weighted by molar-refractivity contribution is 5.78. The third-order valence-corrected chi connectivity index (χ3v) is 3.72. The monoisotopic (exact) mass is 256 g/mol. The van der Waals surface area contributed by atoms with Gasteiger partial charge in [-0.25, -0.2) is 0 Å². The summed E-state index contributed by atoms with van der Waals surface area (Å²) in [4.78, 5) is 14.0. The maximum atomic E-state index is 11.7. The van der Waals surface area contributed by atoms with Gasteiger partial charge in [0.2, 0.25) is 5.91 Å². The molecule has 0 aromatic carbocycles. The molecule has 0 radical (unpaired) electrons. The lowest BCUT2D eigenvalue weighted by atomic mass is 10.1. The molecule has 1 amide bonds. The van der Waals surface area contributed by atoms with Gasteiger partial charge in [-0.15, -0.1) is 0 Å². The molecule has 1 aliphatic carbocycles. The Hall–Kier alpha value is -0.610. The van der Waals surface area contributed by atoms with Crippen LogP contribution in [0.1, 0.15) is 39.5 Å². The maximum Gasteiger partial charge on any atom is 0.223 e. The van der Waals surface area contributed by atoms with Crippen molar-refractivity contribution in [2.45, 2.75) is 39.5 Å². The molecule has 1 rings (SSSR count). The van der Waals surface area contributed by atoms with E-state index >= 15 is 0 Å². The van der Waals surface area contributed by atoms with Crippen molar-refractivity contribution in [1.29, 1.82) is 0 Å². The van der Waals surface area contributed by atoms with E-state index in [0.717, 1.165) is 39.1 Å². The largest absolute Gasteiger partial charge is 0.378 e. The summed E-state index contributed by atoms with van der Waals surface area (Å²) >= 11 is 0. The van der Waals surface area contributed by atoms with Gasteiger partial charge in [0.1, 0.15) is 0 Å². The van der Waals surface area contributed by atoms with Crippen molar-refractivity contribution in [2.75, 3.05) is 39.4 Å². The number of amides is 1. The van der Waals surface area contributed by atoms with Crippen LogP contribution in [0.2, 0.25) is 0 Å². The van der Waals surface area contributed by atoms with E-state index in [2.05, 4.69) is 24.1 Å². The first-order chi connectivity index (χ1) is 8.77. The first-order valence-electron chi connectivity index (χ1n) is 7.35. The second kappa shape index (κ2) is 9.34. The second-order valence-corrected chi connectivity index (χ2v) is 4.91. The zero-order valence-electron chi connectivity index (χ0n) is 11.9. The molecule has 0 saturated heterocycles. The van der Waals surface area contributed by atoms with E-state index in [1.165, 1.54) is 12.8 Å². The summed E-state index contributed by atoms with van der Waals surface area (Å²) < 4.78 is 5.52. The topological polar surface area (TPSA) is 41.6 Å². The van der Waals surface area contributed by atoms with Crippen molar-refractivity contribution in [1.82, 2.24) is 10.2 Å². The van der Waals surface area contributed by atoms with E-state index in [0.29, 0.717) is 13.2 Å². The summed E-state index contributed by atoms with van der Waals surface area (Å²) in [6.07, 6.45) is 4.54. The molecular formula is C14H28N2O2. The van der Waals surface area contributed by atoms with Gasteiger partial charge in [0.05, 0.1) is 13.2 Å². The molecule has 0 unspecified atom stereocenters. The molecule has 0 atom stereocenters. The van der Waals surface area contributed by atoms with Crippen molar-refractivity contribution < 1.29 is 9.53 Å². The number of carbonyl (C=O) groups is 1. The molecular weight excluding hydrogens is 228 g/mol. The van der Waals surface area contributed by atoms with E-state index < -0.39 is 0 Å². The van der Waals surface area contributed by atoms with Crippen molar-refractivity contribution in [2.24, 2.45) is 5.92 Å². The zero-order chi connectivity index (χ0) is 13.2. The average Bonchev–Trinajstić information content (AvgIpc) is 2.92. The Bertz CT molecular complexity index is 224. The quantitative estimate of drug-likeness (QED) is 0.638. The van der Waals surface area contributed by atoms with Crippen molar-refractivity contribution in [3.63, 3.8) is 0 Å². The molecule has 4 heteroatoms. The Morgan fingerprint density at radius 2 is 1.89 bits per heavy atom. The molecule has 106 valence electrons. The van der Waals surface area contributed by atoms with E-state index in [1.54, 1.807) is 0 Å². The van der Waals surface area contributed by atoms with E-state index in [-0.39, 0.29) is 11.8 Å². The van der Waals surface area contributed by atoms with E-state index in [4.69, 9.17) is 4.74 Å². The van der Waals surface area contributed by atoms with Gasteiger partial charge < -0.3 is 15.0 Å². The van der Waals surface area contributed by atoms with Gasteiger partial charge in [-0.2, -0.15) is 0 Å². The van der Waals surface area contributed by atoms with Gasteiger partial charge >= 0.3 is 0 Å². The minimum Gasteiger partial charge on any atom is -0.378 e. The Morgan fingerprint density at radius 1 is 1.22 bits per heavy atom. The Morgan fingerprint density at radius 3 is 2.50 bits per heavy atom. The van der Waals surface area contributed by atoms with Crippen LogP contribution in [0.25, 0.3) is 0 Å². The highest BCUT2D eigenvalue weighted by atomic mass is 16.5. The van der Waals surface area contributed by atoms with Gasteiger partial charge in [-0.1, -0.05) is 26.7 Å². The normalized spacial score (nSPS) is 16.4. The summed E-state index contributed by atoms with van der Waals surface area (Å²) in [5.74, 6) is 0.487. The highest BCUT2D eigenvalue weighted by Gasteiger charge is 2.21. The lowest BCUT2D eigenvalue weighted by Gasteiger charge is -2.17. The van der Waals surface area contributed by atoms with Crippen LogP contribution in [0.5, 0.6) is 0 Å². The minimum atomic E-state index is 0.222. The third kappa shape index (κ3) is 5.83. The fourth-order valence-electron chi connectivity index (χ4n) is 2.41. The number of hydrogen-bond donors (Lipinski definition) is 1. The molecule has 18 heavy (non-hydrogen) atoms. The van der Waals surface area contributed by atoms with Gasteiger partial charge in [0, 0.05) is 19.0 Å². The van der Waals surface area contributed by atoms with Gasteiger partial charge in [-0.3, -0.25) is 4.79 Å². The molecule has 0 aromatic rings. The molecule has 0 aromatic heterocycles. The molecule has 1 N–H and O–H groups in total. The predicted octanol–water partition coefficient (Wildman–Crippen LogP) is 1.65. The van der Waals surface area contributed by atoms with Crippen LogP contribution in [-0.4, -0.2) is 50.2 Å². The van der Waals surface area contributed by atoms with Crippen molar-refractivity contribution in [3.8, 4) is 0 Å². The smallest absolute Gasteiger partial charge is 0.223 e. The summed E-state index contributed by atoms with van der Waals surface area (Å²) in [6, 6.07) is 0. The second-order valence-electron chi connectivity index (χ2n) is 4.91. The molecule has 0 heterocycles. The van der Waals surface area contributed by atoms with Crippen molar-refractivity contribution >= 4 is 5.91 Å². The number of carbonyl (C=O) groups excluding carboxylic acids is 1. The SMILES string of the molecule is CCN(CC)CCOCCNC(=O)C1CCCC1. The molecule has 0 spiro atoms. The van der Waals surface area contributed by atoms with Gasteiger partial charge in [0.15, 0.2) is 0 Å². The fraction of sp³-hybridized carbons (Fsp3) is 0.929. The zero-order valence-corrected chi connectivity index (χ0v) is 11.9. The Labute approximate surface area is 111 Å². The number of likely N-dealkylation sites (N-methyl/N-ethyl adjacent to an activating group) is 1. The fourth-order valence-corrected chi connectivity index (χ4v) is 2.41. The first-order valence-corrected chi connectivity index (χ1v) is 7.35. The number of rotatable bonds is 9. The summed E-state index contributed by atoms with van der Waals surface area (Å²) in [7, 11) is 0. The van der Waals surface area contributed by atoms with Gasteiger partial charge in [-0.05, 0) is 25.9 Å². The van der Waals surface area contributed by atoms with Crippen LogP contribution in [0.3, 0.4) is 0 Å². The first kappa shape index (κ1) is 15.4. The predicted molar refractivity (Wildman–Crippen MR) is 73.6 cm³/mol. The molecule has 1 saturated carbocycles. The molecule has 1 fully saturated rings. The van der Waals surface area contributed by atoms with E-state index in [1.807, 2.05) is 0 Å². The van der Waals surface area contributed by atoms with E-state index in [9.17, 15) is 4.79 Å².